The molecular formula is C14H12BrClN2O. The van der Waals surface area contributed by atoms with Gasteiger partial charge in [0.1, 0.15) is 5.69 Å². The van der Waals surface area contributed by atoms with Crippen LogP contribution in [0.4, 0.5) is 0 Å². The molecule has 1 aromatic carbocycles. The molecule has 0 saturated carbocycles. The van der Waals surface area contributed by atoms with Gasteiger partial charge in [-0.15, -0.1) is 0 Å². The molecule has 1 amide bonds. The highest BCUT2D eigenvalue weighted by atomic mass is 79.9. The first-order valence-electron chi connectivity index (χ1n) is 5.75. The summed E-state index contributed by atoms with van der Waals surface area (Å²) in [6.07, 6.45) is 1.59. The molecule has 0 saturated heterocycles. The molecular weight excluding hydrogens is 328 g/mol. The minimum Gasteiger partial charge on any atom is -0.344 e. The Morgan fingerprint density at radius 1 is 1.37 bits per heavy atom. The van der Waals surface area contributed by atoms with E-state index in [1.807, 2.05) is 25.1 Å². The van der Waals surface area contributed by atoms with Gasteiger partial charge < -0.3 is 5.32 Å². The molecule has 0 spiro atoms. The summed E-state index contributed by atoms with van der Waals surface area (Å²) in [5.74, 6) is -0.222. The van der Waals surface area contributed by atoms with Gasteiger partial charge in [-0.25, -0.2) is 4.98 Å². The third-order valence-electron chi connectivity index (χ3n) is 2.67. The van der Waals surface area contributed by atoms with Gasteiger partial charge in [-0.3, -0.25) is 4.79 Å². The Hall–Kier alpha value is -1.39. The summed E-state index contributed by atoms with van der Waals surface area (Å²) in [5, 5.41) is 3.54. The van der Waals surface area contributed by atoms with E-state index < -0.39 is 0 Å². The molecule has 98 valence electrons. The Labute approximate surface area is 125 Å². The molecule has 3 nitrogen and oxygen atoms in total. The summed E-state index contributed by atoms with van der Waals surface area (Å²) in [7, 11) is 0. The maximum atomic E-state index is 12.1. The van der Waals surface area contributed by atoms with Crippen molar-refractivity contribution in [2.24, 2.45) is 0 Å². The second-order valence-electron chi connectivity index (χ2n) is 4.08. The molecule has 1 unspecified atom stereocenters. The molecule has 2 aromatic rings. The Kier molecular flexibility index (Phi) is 4.56. The number of aromatic nitrogens is 1. The van der Waals surface area contributed by atoms with E-state index in [1.54, 1.807) is 24.4 Å². The predicted molar refractivity (Wildman–Crippen MR) is 79.3 cm³/mol. The zero-order valence-corrected chi connectivity index (χ0v) is 12.6. The van der Waals surface area contributed by atoms with E-state index in [4.69, 9.17) is 11.6 Å². The molecule has 1 heterocycles. The largest absolute Gasteiger partial charge is 0.344 e. The molecule has 0 bridgehead atoms. The number of carbonyl (C=O) groups excluding carboxylic acids is 1. The summed E-state index contributed by atoms with van der Waals surface area (Å²) < 4.78 is 0.672. The number of amides is 1. The fraction of sp³-hybridized carbons (Fsp3) is 0.143. The summed E-state index contributed by atoms with van der Waals surface area (Å²) in [5.41, 5.74) is 1.32. The van der Waals surface area contributed by atoms with Gasteiger partial charge in [-0.05, 0) is 52.7 Å². The highest BCUT2D eigenvalue weighted by molar-refractivity contribution is 9.10. The van der Waals surface area contributed by atoms with Crippen LogP contribution in [0.25, 0.3) is 0 Å². The normalized spacial score (nSPS) is 11.9. The van der Waals surface area contributed by atoms with Crippen LogP contribution in [0.15, 0.2) is 47.1 Å². The lowest BCUT2D eigenvalue weighted by molar-refractivity contribution is 0.0934. The zero-order valence-electron chi connectivity index (χ0n) is 10.2. The Morgan fingerprint density at radius 2 is 2.16 bits per heavy atom. The third kappa shape index (κ3) is 3.55. The van der Waals surface area contributed by atoms with Crippen molar-refractivity contribution in [1.29, 1.82) is 0 Å². The Morgan fingerprint density at radius 3 is 2.84 bits per heavy atom. The fourth-order valence-electron chi connectivity index (χ4n) is 1.68. The van der Waals surface area contributed by atoms with E-state index in [0.29, 0.717) is 15.2 Å². The Bertz CT molecular complexity index is 604. The highest BCUT2D eigenvalue weighted by Gasteiger charge is 2.14. The van der Waals surface area contributed by atoms with Crippen molar-refractivity contribution >= 4 is 33.4 Å². The Balaban J connectivity index is 2.13. The summed E-state index contributed by atoms with van der Waals surface area (Å²) in [6.45, 7) is 1.90. The number of pyridine rings is 1. The van der Waals surface area contributed by atoms with Gasteiger partial charge in [0.2, 0.25) is 0 Å². The molecule has 0 radical (unpaired) electrons. The van der Waals surface area contributed by atoms with Crippen LogP contribution in [0.3, 0.4) is 0 Å². The molecule has 19 heavy (non-hydrogen) atoms. The maximum absolute atomic E-state index is 12.1. The molecule has 0 aliphatic carbocycles. The number of hydrogen-bond donors (Lipinski definition) is 1. The molecule has 1 N–H and O–H groups in total. The van der Waals surface area contributed by atoms with Crippen LogP contribution in [0.1, 0.15) is 29.0 Å². The van der Waals surface area contributed by atoms with E-state index in [1.165, 1.54) is 0 Å². The minimum atomic E-state index is -0.222. The van der Waals surface area contributed by atoms with Crippen molar-refractivity contribution < 1.29 is 4.79 Å². The molecule has 2 rings (SSSR count). The topological polar surface area (TPSA) is 42.0 Å². The van der Waals surface area contributed by atoms with E-state index >= 15 is 0 Å². The van der Waals surface area contributed by atoms with Gasteiger partial charge in [-0.1, -0.05) is 23.7 Å². The molecule has 0 aliphatic heterocycles. The molecule has 0 aliphatic rings. The first-order valence-corrected chi connectivity index (χ1v) is 6.92. The second-order valence-corrected chi connectivity index (χ2v) is 5.37. The minimum absolute atomic E-state index is 0.139. The van der Waals surface area contributed by atoms with Crippen molar-refractivity contribution in [3.8, 4) is 0 Å². The lowest BCUT2D eigenvalue weighted by Gasteiger charge is -2.14. The number of nitrogens with one attached hydrogen (secondary N) is 1. The van der Waals surface area contributed by atoms with Crippen molar-refractivity contribution in [3.05, 3.63) is 63.3 Å². The second kappa shape index (κ2) is 6.17. The highest BCUT2D eigenvalue weighted by Crippen LogP contribution is 2.19. The number of carbonyl (C=O) groups is 1. The molecule has 1 atom stereocenters. The van der Waals surface area contributed by atoms with Crippen LogP contribution in [0, 0.1) is 0 Å². The monoisotopic (exact) mass is 338 g/mol. The lowest BCUT2D eigenvalue weighted by atomic mass is 10.1. The lowest BCUT2D eigenvalue weighted by Crippen LogP contribution is -2.27. The molecule has 0 fully saturated rings. The quantitative estimate of drug-likeness (QED) is 0.918. The van der Waals surface area contributed by atoms with Gasteiger partial charge in [0.25, 0.3) is 5.91 Å². The van der Waals surface area contributed by atoms with Crippen molar-refractivity contribution in [3.63, 3.8) is 0 Å². The number of halogens is 2. The smallest absolute Gasteiger partial charge is 0.271 e. The average Bonchev–Trinajstić information content (AvgIpc) is 2.39. The van der Waals surface area contributed by atoms with Gasteiger partial charge in [0.05, 0.1) is 6.04 Å². The standard InChI is InChI=1S/C14H12BrClN2O/c1-9(10-4-2-5-11(16)8-10)18-14(19)13-12(15)6-3-7-17-13/h2-9H,1H3,(H,18,19). The third-order valence-corrected chi connectivity index (χ3v) is 3.54. The number of nitrogens with zero attached hydrogens (tertiary/aromatic N) is 1. The first-order chi connectivity index (χ1) is 9.08. The van der Waals surface area contributed by atoms with Crippen LogP contribution in [0.2, 0.25) is 5.02 Å². The van der Waals surface area contributed by atoms with Gasteiger partial charge in [-0.2, -0.15) is 0 Å². The van der Waals surface area contributed by atoms with Crippen molar-refractivity contribution in [1.82, 2.24) is 10.3 Å². The van der Waals surface area contributed by atoms with Gasteiger partial charge in [0, 0.05) is 15.7 Å². The summed E-state index contributed by atoms with van der Waals surface area (Å²) >= 11 is 9.25. The number of benzene rings is 1. The van der Waals surface area contributed by atoms with Crippen LogP contribution in [-0.4, -0.2) is 10.9 Å². The van der Waals surface area contributed by atoms with Crippen molar-refractivity contribution in [2.45, 2.75) is 13.0 Å². The van der Waals surface area contributed by atoms with E-state index in [9.17, 15) is 4.79 Å². The number of hydrogen-bond acceptors (Lipinski definition) is 2. The number of rotatable bonds is 3. The summed E-state index contributed by atoms with van der Waals surface area (Å²) in [4.78, 5) is 16.2. The average molecular weight is 340 g/mol. The summed E-state index contributed by atoms with van der Waals surface area (Å²) in [6, 6.07) is 10.8. The van der Waals surface area contributed by atoms with E-state index in [2.05, 4.69) is 26.2 Å². The van der Waals surface area contributed by atoms with Crippen molar-refractivity contribution in [2.75, 3.05) is 0 Å². The van der Waals surface area contributed by atoms with E-state index in [-0.39, 0.29) is 11.9 Å². The SMILES string of the molecule is CC(NC(=O)c1ncccc1Br)c1cccc(Cl)c1. The van der Waals surface area contributed by atoms with Crippen LogP contribution < -0.4 is 5.32 Å². The van der Waals surface area contributed by atoms with E-state index in [0.717, 1.165) is 5.56 Å². The first kappa shape index (κ1) is 14.0. The fourth-order valence-corrected chi connectivity index (χ4v) is 2.31. The zero-order chi connectivity index (χ0) is 13.8. The van der Waals surface area contributed by atoms with Crippen LogP contribution in [-0.2, 0) is 0 Å². The predicted octanol–water partition coefficient (Wildman–Crippen LogP) is 3.99. The van der Waals surface area contributed by atoms with Crippen LogP contribution in [0.5, 0.6) is 0 Å². The molecule has 5 heteroatoms. The van der Waals surface area contributed by atoms with Gasteiger partial charge in [0.15, 0.2) is 0 Å². The maximum Gasteiger partial charge on any atom is 0.271 e. The molecule has 1 aromatic heterocycles. The van der Waals surface area contributed by atoms with Gasteiger partial charge >= 0.3 is 0 Å². The van der Waals surface area contributed by atoms with Crippen LogP contribution >= 0.6 is 27.5 Å².